The van der Waals surface area contributed by atoms with Gasteiger partial charge in [0.1, 0.15) is 11.6 Å². The molecule has 0 bridgehead atoms. The van der Waals surface area contributed by atoms with Gasteiger partial charge >= 0.3 is 0 Å². The van der Waals surface area contributed by atoms with Gasteiger partial charge in [0, 0.05) is 37.5 Å². The number of thiazole rings is 1. The van der Waals surface area contributed by atoms with E-state index in [-0.39, 0.29) is 5.91 Å². The van der Waals surface area contributed by atoms with Crippen LogP contribution in [0.1, 0.15) is 24.4 Å². The topological polar surface area (TPSA) is 71.0 Å². The Hall–Kier alpha value is -2.02. The van der Waals surface area contributed by atoms with Gasteiger partial charge in [0.25, 0.3) is 0 Å². The number of hydrogen-bond acceptors (Lipinski definition) is 6. The molecule has 0 unspecified atom stereocenters. The summed E-state index contributed by atoms with van der Waals surface area (Å²) in [5.41, 5.74) is 1.04. The molecular formula is C13H15N5OS. The normalized spacial score (nSPS) is 15.0. The van der Waals surface area contributed by atoms with Crippen LogP contribution in [-0.2, 0) is 4.79 Å². The molecule has 0 radical (unpaired) electrons. The Kier molecular flexibility index (Phi) is 3.35. The molecule has 0 saturated carbocycles. The minimum atomic E-state index is -0.0856. The summed E-state index contributed by atoms with van der Waals surface area (Å²) in [5, 5.41) is 5.40. The van der Waals surface area contributed by atoms with Crippen LogP contribution in [0.15, 0.2) is 17.6 Å². The molecule has 1 aliphatic heterocycles. The van der Waals surface area contributed by atoms with Gasteiger partial charge in [-0.15, -0.1) is 11.3 Å². The molecule has 0 aliphatic carbocycles. The molecule has 0 atom stereocenters. The van der Waals surface area contributed by atoms with E-state index in [1.807, 2.05) is 18.4 Å². The van der Waals surface area contributed by atoms with E-state index >= 15 is 0 Å². The van der Waals surface area contributed by atoms with Crippen molar-refractivity contribution in [1.29, 1.82) is 0 Å². The predicted octanol–water partition coefficient (Wildman–Crippen LogP) is 1.80. The number of carbonyl (C=O) groups is 1. The second-order valence-electron chi connectivity index (χ2n) is 4.82. The van der Waals surface area contributed by atoms with Gasteiger partial charge in [0.15, 0.2) is 5.13 Å². The lowest BCUT2D eigenvalue weighted by molar-refractivity contribution is -0.114. The summed E-state index contributed by atoms with van der Waals surface area (Å²) in [4.78, 5) is 26.1. The van der Waals surface area contributed by atoms with Gasteiger partial charge in [-0.1, -0.05) is 0 Å². The summed E-state index contributed by atoms with van der Waals surface area (Å²) in [7, 11) is 0. The summed E-state index contributed by atoms with van der Waals surface area (Å²) in [6.45, 7) is 5.18. The fourth-order valence-electron chi connectivity index (χ4n) is 2.15. The van der Waals surface area contributed by atoms with Gasteiger partial charge < -0.3 is 10.2 Å². The second kappa shape index (κ2) is 5.16. The quantitative estimate of drug-likeness (QED) is 0.933. The first-order valence-electron chi connectivity index (χ1n) is 6.39. The molecule has 0 aromatic carbocycles. The van der Waals surface area contributed by atoms with Crippen molar-refractivity contribution in [3.8, 4) is 0 Å². The maximum Gasteiger partial charge on any atom is 0.223 e. The van der Waals surface area contributed by atoms with E-state index in [2.05, 4.69) is 25.2 Å². The number of carbonyl (C=O) groups excluding carboxylic acids is 1. The standard InChI is InChI=1S/C13H15N5OS/c1-8-14-4-3-12(15-8)18-5-10(6-18)11-7-20-13(17-11)16-9(2)19/h3-4,7,10H,5-6H2,1-2H3,(H,16,17,19). The van der Waals surface area contributed by atoms with E-state index in [1.54, 1.807) is 6.20 Å². The minimum Gasteiger partial charge on any atom is -0.355 e. The Morgan fingerprint density at radius 3 is 2.95 bits per heavy atom. The Bertz CT molecular complexity index is 635. The first-order chi connectivity index (χ1) is 9.61. The Morgan fingerprint density at radius 1 is 1.45 bits per heavy atom. The molecule has 6 nitrogen and oxygen atoms in total. The lowest BCUT2D eigenvalue weighted by atomic mass is 9.97. The third-order valence-electron chi connectivity index (χ3n) is 3.19. The van der Waals surface area contributed by atoms with Crippen LogP contribution in [0.5, 0.6) is 0 Å². The number of rotatable bonds is 3. The average Bonchev–Trinajstić information content (AvgIpc) is 2.74. The van der Waals surface area contributed by atoms with Gasteiger partial charge in [-0.2, -0.15) is 0 Å². The maximum absolute atomic E-state index is 11.0. The Morgan fingerprint density at radius 2 is 2.25 bits per heavy atom. The van der Waals surface area contributed by atoms with E-state index in [0.717, 1.165) is 30.4 Å². The van der Waals surface area contributed by atoms with E-state index in [9.17, 15) is 4.79 Å². The van der Waals surface area contributed by atoms with Crippen molar-refractivity contribution in [3.63, 3.8) is 0 Å². The van der Waals surface area contributed by atoms with Crippen molar-refractivity contribution in [2.45, 2.75) is 19.8 Å². The Labute approximate surface area is 120 Å². The lowest BCUT2D eigenvalue weighted by Gasteiger charge is -2.39. The van der Waals surface area contributed by atoms with Crippen molar-refractivity contribution >= 4 is 28.2 Å². The summed E-state index contributed by atoms with van der Waals surface area (Å²) >= 11 is 1.47. The van der Waals surface area contributed by atoms with Crippen LogP contribution >= 0.6 is 11.3 Å². The number of aryl methyl sites for hydroxylation is 1. The fourth-order valence-corrected chi connectivity index (χ4v) is 2.99. The molecule has 104 valence electrons. The lowest BCUT2D eigenvalue weighted by Crippen LogP contribution is -2.45. The molecule has 20 heavy (non-hydrogen) atoms. The summed E-state index contributed by atoms with van der Waals surface area (Å²) in [5.74, 6) is 2.07. The van der Waals surface area contributed by atoms with Crippen LogP contribution in [0.25, 0.3) is 0 Å². The third-order valence-corrected chi connectivity index (χ3v) is 3.97. The highest BCUT2D eigenvalue weighted by molar-refractivity contribution is 7.13. The molecule has 1 amide bonds. The van der Waals surface area contributed by atoms with Crippen LogP contribution in [0.3, 0.4) is 0 Å². The van der Waals surface area contributed by atoms with Crippen LogP contribution in [-0.4, -0.2) is 33.9 Å². The molecule has 3 rings (SSSR count). The van der Waals surface area contributed by atoms with E-state index in [0.29, 0.717) is 11.0 Å². The molecular weight excluding hydrogens is 274 g/mol. The molecule has 2 aromatic heterocycles. The molecule has 1 saturated heterocycles. The fraction of sp³-hybridized carbons (Fsp3) is 0.385. The van der Waals surface area contributed by atoms with Crippen molar-refractivity contribution in [2.75, 3.05) is 23.3 Å². The van der Waals surface area contributed by atoms with Gasteiger partial charge in [-0.3, -0.25) is 4.79 Å². The van der Waals surface area contributed by atoms with Gasteiger partial charge in [-0.25, -0.2) is 15.0 Å². The summed E-state index contributed by atoms with van der Waals surface area (Å²) < 4.78 is 0. The van der Waals surface area contributed by atoms with Crippen LogP contribution < -0.4 is 10.2 Å². The van der Waals surface area contributed by atoms with Gasteiger partial charge in [0.05, 0.1) is 5.69 Å². The van der Waals surface area contributed by atoms with Crippen molar-refractivity contribution < 1.29 is 4.79 Å². The number of hydrogen-bond donors (Lipinski definition) is 1. The number of nitrogens with zero attached hydrogens (tertiary/aromatic N) is 4. The molecule has 1 N–H and O–H groups in total. The minimum absolute atomic E-state index is 0.0856. The zero-order chi connectivity index (χ0) is 14.1. The van der Waals surface area contributed by atoms with Crippen LogP contribution in [0.4, 0.5) is 10.9 Å². The highest BCUT2D eigenvalue weighted by Gasteiger charge is 2.31. The molecule has 1 aliphatic rings. The highest BCUT2D eigenvalue weighted by atomic mass is 32.1. The van der Waals surface area contributed by atoms with Crippen LogP contribution in [0, 0.1) is 6.92 Å². The second-order valence-corrected chi connectivity index (χ2v) is 5.68. The SMILES string of the molecule is CC(=O)Nc1nc(C2CN(c3ccnc(C)n3)C2)cs1. The third kappa shape index (κ3) is 2.62. The number of anilines is 2. The maximum atomic E-state index is 11.0. The molecule has 2 aromatic rings. The van der Waals surface area contributed by atoms with Gasteiger partial charge in [0.2, 0.25) is 5.91 Å². The zero-order valence-electron chi connectivity index (χ0n) is 11.3. The average molecular weight is 289 g/mol. The number of aromatic nitrogens is 3. The predicted molar refractivity (Wildman–Crippen MR) is 78.1 cm³/mol. The van der Waals surface area contributed by atoms with Crippen molar-refractivity contribution in [1.82, 2.24) is 15.0 Å². The first kappa shape index (κ1) is 13.0. The number of nitrogens with one attached hydrogen (secondary N) is 1. The van der Waals surface area contributed by atoms with E-state index in [1.165, 1.54) is 18.3 Å². The summed E-state index contributed by atoms with van der Waals surface area (Å²) in [6, 6.07) is 1.92. The smallest absolute Gasteiger partial charge is 0.223 e. The van der Waals surface area contributed by atoms with E-state index < -0.39 is 0 Å². The molecule has 7 heteroatoms. The van der Waals surface area contributed by atoms with Crippen molar-refractivity contribution in [2.24, 2.45) is 0 Å². The summed E-state index contributed by atoms with van der Waals surface area (Å²) in [6.07, 6.45) is 1.78. The molecule has 3 heterocycles. The largest absolute Gasteiger partial charge is 0.355 e. The van der Waals surface area contributed by atoms with Crippen LogP contribution in [0.2, 0.25) is 0 Å². The van der Waals surface area contributed by atoms with E-state index in [4.69, 9.17) is 0 Å². The van der Waals surface area contributed by atoms with Gasteiger partial charge in [-0.05, 0) is 13.0 Å². The zero-order valence-corrected chi connectivity index (χ0v) is 12.1. The molecule has 0 spiro atoms. The monoisotopic (exact) mass is 289 g/mol. The molecule has 1 fully saturated rings. The Balaban J connectivity index is 1.62. The number of amides is 1. The first-order valence-corrected chi connectivity index (χ1v) is 7.27. The van der Waals surface area contributed by atoms with Crippen molar-refractivity contribution in [3.05, 3.63) is 29.2 Å². The highest BCUT2D eigenvalue weighted by Crippen LogP contribution is 2.32.